The molecule has 2 aliphatic heterocycles. The van der Waals surface area contributed by atoms with Gasteiger partial charge in [0.2, 0.25) is 0 Å². The summed E-state index contributed by atoms with van der Waals surface area (Å²) in [4.78, 5) is 2.59. The highest BCUT2D eigenvalue weighted by Crippen LogP contribution is 2.34. The van der Waals surface area contributed by atoms with Crippen molar-refractivity contribution in [1.82, 2.24) is 4.90 Å². The first-order valence-electron chi connectivity index (χ1n) is 8.18. The number of nitrogens with two attached hydrogens (primary N) is 1. The van der Waals surface area contributed by atoms with E-state index in [0.717, 1.165) is 23.5 Å². The smallest absolute Gasteiger partial charge is 0.144 e. The normalized spacial score (nSPS) is 29.1. The van der Waals surface area contributed by atoms with Gasteiger partial charge < -0.3 is 20.7 Å². The second kappa shape index (κ2) is 6.14. The quantitative estimate of drug-likeness (QED) is 0.836. The van der Waals surface area contributed by atoms with Gasteiger partial charge in [0.05, 0.1) is 12.3 Å². The third kappa shape index (κ3) is 3.10. The van der Waals surface area contributed by atoms with Crippen molar-refractivity contribution in [3.8, 4) is 5.75 Å². The zero-order chi connectivity index (χ0) is 14.8. The Morgan fingerprint density at radius 3 is 2.67 bits per heavy atom. The van der Waals surface area contributed by atoms with Crippen molar-refractivity contribution in [2.45, 2.75) is 57.2 Å². The maximum Gasteiger partial charge on any atom is 0.144 e. The van der Waals surface area contributed by atoms with Gasteiger partial charge in [0.1, 0.15) is 5.75 Å². The monoisotopic (exact) mass is 289 g/mol. The lowest BCUT2D eigenvalue weighted by atomic mass is 9.82. The Morgan fingerprint density at radius 1 is 1.29 bits per heavy atom. The van der Waals surface area contributed by atoms with Crippen molar-refractivity contribution in [2.75, 3.05) is 24.7 Å². The van der Waals surface area contributed by atoms with E-state index >= 15 is 0 Å². The third-order valence-corrected chi connectivity index (χ3v) is 5.02. The predicted molar refractivity (Wildman–Crippen MR) is 87.9 cm³/mol. The first-order valence-corrected chi connectivity index (χ1v) is 8.18. The molecular formula is C17H27N3O. The number of nitrogens with one attached hydrogen (secondary N) is 1. The van der Waals surface area contributed by atoms with E-state index < -0.39 is 0 Å². The number of hydrogen-bond acceptors (Lipinski definition) is 4. The zero-order valence-corrected chi connectivity index (χ0v) is 13.1. The van der Waals surface area contributed by atoms with Gasteiger partial charge in [-0.2, -0.15) is 0 Å². The molecule has 4 nitrogen and oxygen atoms in total. The van der Waals surface area contributed by atoms with E-state index in [9.17, 15) is 0 Å². The number of benzene rings is 1. The summed E-state index contributed by atoms with van der Waals surface area (Å²) in [5.74, 6) is 0.788. The molecule has 3 rings (SSSR count). The molecule has 21 heavy (non-hydrogen) atoms. The summed E-state index contributed by atoms with van der Waals surface area (Å²) in [6, 6.07) is 8.09. The van der Waals surface area contributed by atoms with Crippen LogP contribution in [0.5, 0.6) is 5.75 Å². The van der Waals surface area contributed by atoms with E-state index in [-0.39, 0.29) is 0 Å². The molecular weight excluding hydrogens is 262 g/mol. The van der Waals surface area contributed by atoms with Crippen LogP contribution in [-0.4, -0.2) is 36.7 Å². The van der Waals surface area contributed by atoms with Crippen molar-refractivity contribution >= 4 is 11.4 Å². The van der Waals surface area contributed by atoms with E-state index in [1.165, 1.54) is 32.1 Å². The molecule has 1 aromatic rings. The largest absolute Gasteiger partial charge is 0.492 e. The van der Waals surface area contributed by atoms with Gasteiger partial charge in [-0.1, -0.05) is 6.42 Å². The van der Waals surface area contributed by atoms with Crippen LogP contribution in [0.15, 0.2) is 18.2 Å². The summed E-state index contributed by atoms with van der Waals surface area (Å²) >= 11 is 0. The van der Waals surface area contributed by atoms with Crippen molar-refractivity contribution < 1.29 is 4.74 Å². The van der Waals surface area contributed by atoms with Crippen LogP contribution >= 0.6 is 0 Å². The lowest BCUT2D eigenvalue weighted by Crippen LogP contribution is -2.52. The van der Waals surface area contributed by atoms with E-state index in [1.807, 2.05) is 19.1 Å². The highest BCUT2D eigenvalue weighted by atomic mass is 16.5. The fourth-order valence-corrected chi connectivity index (χ4v) is 3.87. The van der Waals surface area contributed by atoms with E-state index in [0.29, 0.717) is 18.3 Å². The van der Waals surface area contributed by atoms with Crippen molar-refractivity contribution in [1.29, 1.82) is 0 Å². The SMILES string of the molecule is CCOc1cc(NC2CC3CCCC(C2)N3C)ccc1N. The number of ether oxygens (including phenoxy) is 1. The Morgan fingerprint density at radius 2 is 2.00 bits per heavy atom. The average Bonchev–Trinajstić information content (AvgIpc) is 2.44. The Labute approximate surface area is 127 Å². The fraction of sp³-hybridized carbons (Fsp3) is 0.647. The summed E-state index contributed by atoms with van der Waals surface area (Å²) in [6.07, 6.45) is 6.56. The van der Waals surface area contributed by atoms with Crippen LogP contribution in [0.2, 0.25) is 0 Å². The fourth-order valence-electron chi connectivity index (χ4n) is 3.87. The Hall–Kier alpha value is -1.42. The minimum Gasteiger partial charge on any atom is -0.492 e. The van der Waals surface area contributed by atoms with Crippen LogP contribution in [0, 0.1) is 0 Å². The van der Waals surface area contributed by atoms with Gasteiger partial charge in [0.25, 0.3) is 0 Å². The predicted octanol–water partition coefficient (Wildman–Crippen LogP) is 3.09. The summed E-state index contributed by atoms with van der Waals surface area (Å²) in [7, 11) is 2.29. The highest BCUT2D eigenvalue weighted by molar-refractivity contribution is 5.61. The molecule has 116 valence electrons. The first kappa shape index (κ1) is 14.5. The molecule has 0 aliphatic carbocycles. The number of fused-ring (bicyclic) bond motifs is 2. The van der Waals surface area contributed by atoms with Crippen LogP contribution in [0.25, 0.3) is 0 Å². The second-order valence-corrected chi connectivity index (χ2v) is 6.40. The number of rotatable bonds is 4. The molecule has 2 unspecified atom stereocenters. The maximum atomic E-state index is 5.94. The van der Waals surface area contributed by atoms with Crippen LogP contribution in [-0.2, 0) is 0 Å². The van der Waals surface area contributed by atoms with Crippen LogP contribution in [0.1, 0.15) is 39.0 Å². The van der Waals surface area contributed by atoms with Gasteiger partial charge >= 0.3 is 0 Å². The first-order chi connectivity index (χ1) is 10.2. The zero-order valence-electron chi connectivity index (χ0n) is 13.1. The minimum absolute atomic E-state index is 0.564. The molecule has 2 atom stereocenters. The van der Waals surface area contributed by atoms with E-state index in [2.05, 4.69) is 23.3 Å². The second-order valence-electron chi connectivity index (χ2n) is 6.40. The topological polar surface area (TPSA) is 50.5 Å². The third-order valence-electron chi connectivity index (χ3n) is 5.02. The molecule has 4 heteroatoms. The van der Waals surface area contributed by atoms with Crippen molar-refractivity contribution in [2.24, 2.45) is 0 Å². The summed E-state index contributed by atoms with van der Waals surface area (Å²) in [6.45, 7) is 2.63. The molecule has 2 aliphatic rings. The maximum absolute atomic E-state index is 5.94. The van der Waals surface area contributed by atoms with Gasteiger partial charge in [0.15, 0.2) is 0 Å². The summed E-state index contributed by atoms with van der Waals surface area (Å²) < 4.78 is 5.58. The van der Waals surface area contributed by atoms with Crippen molar-refractivity contribution in [3.05, 3.63) is 18.2 Å². The molecule has 2 fully saturated rings. The Bertz CT molecular complexity index is 477. The Kier molecular flexibility index (Phi) is 4.24. The van der Waals surface area contributed by atoms with Gasteiger partial charge in [-0.15, -0.1) is 0 Å². The Balaban J connectivity index is 1.68. The number of anilines is 2. The number of piperidine rings is 2. The lowest BCUT2D eigenvalue weighted by molar-refractivity contribution is 0.0608. The highest BCUT2D eigenvalue weighted by Gasteiger charge is 2.35. The molecule has 2 saturated heterocycles. The number of hydrogen-bond donors (Lipinski definition) is 2. The molecule has 0 saturated carbocycles. The molecule has 0 amide bonds. The standard InChI is InChI=1S/C17H27N3O/c1-3-21-17-11-12(7-8-16(17)18)19-13-9-14-5-4-6-15(10-13)20(14)2/h7-8,11,13-15,19H,3-6,9-10,18H2,1-2H3. The summed E-state index contributed by atoms with van der Waals surface area (Å²) in [5.41, 5.74) is 7.78. The van der Waals surface area contributed by atoms with Crippen LogP contribution in [0.3, 0.4) is 0 Å². The number of nitrogens with zero attached hydrogens (tertiary/aromatic N) is 1. The minimum atomic E-state index is 0.564. The molecule has 0 radical (unpaired) electrons. The lowest BCUT2D eigenvalue weighted by Gasteiger charge is -2.47. The molecule has 1 aromatic carbocycles. The van der Waals surface area contributed by atoms with E-state index in [4.69, 9.17) is 10.5 Å². The van der Waals surface area contributed by atoms with Gasteiger partial charge in [-0.25, -0.2) is 0 Å². The molecule has 0 spiro atoms. The van der Waals surface area contributed by atoms with Crippen LogP contribution in [0.4, 0.5) is 11.4 Å². The number of nitrogen functional groups attached to an aromatic ring is 1. The van der Waals surface area contributed by atoms with E-state index in [1.54, 1.807) is 0 Å². The van der Waals surface area contributed by atoms with Gasteiger partial charge in [-0.05, 0) is 51.8 Å². The van der Waals surface area contributed by atoms with Gasteiger partial charge in [0, 0.05) is 29.9 Å². The molecule has 2 bridgehead atoms. The molecule has 2 heterocycles. The van der Waals surface area contributed by atoms with Crippen LogP contribution < -0.4 is 15.8 Å². The van der Waals surface area contributed by atoms with Gasteiger partial charge in [-0.3, -0.25) is 0 Å². The molecule has 0 aromatic heterocycles. The summed E-state index contributed by atoms with van der Waals surface area (Å²) in [5, 5.41) is 3.69. The molecule has 3 N–H and O–H groups in total. The average molecular weight is 289 g/mol. The van der Waals surface area contributed by atoms with Crippen molar-refractivity contribution in [3.63, 3.8) is 0 Å².